The molecular weight excluding hydrogens is 245 g/mol. The highest BCUT2D eigenvalue weighted by molar-refractivity contribution is 5.78. The summed E-state index contributed by atoms with van der Waals surface area (Å²) in [6.45, 7) is 0. The third-order valence-corrected chi connectivity index (χ3v) is 3.50. The van der Waals surface area contributed by atoms with Gasteiger partial charge in [0.15, 0.2) is 0 Å². The molecule has 1 heterocycles. The van der Waals surface area contributed by atoms with Crippen molar-refractivity contribution in [2.24, 2.45) is 0 Å². The van der Waals surface area contributed by atoms with E-state index in [1.807, 2.05) is 0 Å². The van der Waals surface area contributed by atoms with Crippen molar-refractivity contribution in [3.8, 4) is 11.3 Å². The predicted octanol–water partition coefficient (Wildman–Crippen LogP) is 3.00. The minimum atomic E-state index is -0.820. The van der Waals surface area contributed by atoms with Crippen LogP contribution in [-0.4, -0.2) is 16.1 Å². The first-order valence-corrected chi connectivity index (χ1v) is 6.14. The number of hydrogen-bond donors (Lipinski definition) is 1. The molecular formula is C15H12FNO2. The van der Waals surface area contributed by atoms with Crippen LogP contribution in [0.5, 0.6) is 0 Å². The van der Waals surface area contributed by atoms with Gasteiger partial charge < -0.3 is 5.11 Å². The number of aliphatic carboxylic acids is 1. The van der Waals surface area contributed by atoms with Crippen LogP contribution >= 0.6 is 0 Å². The average molecular weight is 257 g/mol. The van der Waals surface area contributed by atoms with E-state index in [2.05, 4.69) is 4.98 Å². The highest BCUT2D eigenvalue weighted by Gasteiger charge is 2.29. The number of halogens is 1. The maximum atomic E-state index is 13.7. The molecule has 1 aromatic carbocycles. The van der Waals surface area contributed by atoms with Gasteiger partial charge in [0, 0.05) is 11.3 Å². The molecule has 0 saturated carbocycles. The number of carbonyl (C=O) groups is 1. The maximum Gasteiger partial charge on any atom is 0.311 e. The summed E-state index contributed by atoms with van der Waals surface area (Å²) in [5.41, 5.74) is 2.53. The van der Waals surface area contributed by atoms with Crippen molar-refractivity contribution in [2.75, 3.05) is 0 Å². The minimum Gasteiger partial charge on any atom is -0.481 e. The second kappa shape index (κ2) is 4.46. The van der Waals surface area contributed by atoms with Crippen molar-refractivity contribution in [1.29, 1.82) is 0 Å². The Kier molecular flexibility index (Phi) is 2.78. The van der Waals surface area contributed by atoms with E-state index in [-0.39, 0.29) is 5.82 Å². The van der Waals surface area contributed by atoms with Gasteiger partial charge in [0.2, 0.25) is 0 Å². The highest BCUT2D eigenvalue weighted by Crippen LogP contribution is 2.34. The topological polar surface area (TPSA) is 50.2 Å². The van der Waals surface area contributed by atoms with E-state index in [1.54, 1.807) is 30.3 Å². The van der Waals surface area contributed by atoms with Gasteiger partial charge in [-0.1, -0.05) is 18.2 Å². The number of aryl methyl sites for hydroxylation is 1. The number of carboxylic acids is 1. The third-order valence-electron chi connectivity index (χ3n) is 3.50. The van der Waals surface area contributed by atoms with Crippen molar-refractivity contribution >= 4 is 5.97 Å². The fourth-order valence-electron chi connectivity index (χ4n) is 2.54. The molecule has 0 spiro atoms. The van der Waals surface area contributed by atoms with Crippen molar-refractivity contribution in [2.45, 2.75) is 18.8 Å². The van der Waals surface area contributed by atoms with Gasteiger partial charge >= 0.3 is 5.97 Å². The second-order valence-corrected chi connectivity index (χ2v) is 4.64. The molecule has 0 amide bonds. The predicted molar refractivity (Wildman–Crippen MR) is 68.3 cm³/mol. The molecule has 0 bridgehead atoms. The van der Waals surface area contributed by atoms with Gasteiger partial charge in [-0.25, -0.2) is 4.39 Å². The second-order valence-electron chi connectivity index (χ2n) is 4.64. The number of rotatable bonds is 2. The van der Waals surface area contributed by atoms with Crippen molar-refractivity contribution < 1.29 is 14.3 Å². The van der Waals surface area contributed by atoms with Gasteiger partial charge in [-0.15, -0.1) is 0 Å². The smallest absolute Gasteiger partial charge is 0.311 e. The van der Waals surface area contributed by atoms with E-state index in [9.17, 15) is 9.18 Å². The normalized spacial score (nSPS) is 17.2. The van der Waals surface area contributed by atoms with Crippen molar-refractivity contribution in [3.05, 3.63) is 53.5 Å². The summed E-state index contributed by atoms with van der Waals surface area (Å²) in [5, 5.41) is 9.10. The Morgan fingerprint density at radius 2 is 2.05 bits per heavy atom. The van der Waals surface area contributed by atoms with Crippen LogP contribution in [0.3, 0.4) is 0 Å². The lowest BCUT2D eigenvalue weighted by Crippen LogP contribution is -2.07. The molecule has 4 heteroatoms. The number of benzene rings is 1. The Balaban J connectivity index is 2.05. The van der Waals surface area contributed by atoms with Crippen LogP contribution in [0.4, 0.5) is 4.39 Å². The Labute approximate surface area is 109 Å². The molecule has 2 aromatic rings. The summed E-state index contributed by atoms with van der Waals surface area (Å²) in [7, 11) is 0. The van der Waals surface area contributed by atoms with Crippen LogP contribution in [-0.2, 0) is 11.2 Å². The SMILES string of the molecule is O=C(O)C1CCc2nc(-c3ccccc3F)ccc21. The summed E-state index contributed by atoms with van der Waals surface area (Å²) >= 11 is 0. The lowest BCUT2D eigenvalue weighted by Gasteiger charge is -2.07. The molecule has 1 unspecified atom stereocenters. The van der Waals surface area contributed by atoms with Crippen LogP contribution in [0.15, 0.2) is 36.4 Å². The first-order valence-electron chi connectivity index (χ1n) is 6.14. The molecule has 1 atom stereocenters. The van der Waals surface area contributed by atoms with Gasteiger partial charge in [-0.3, -0.25) is 9.78 Å². The first kappa shape index (κ1) is 11.8. The lowest BCUT2D eigenvalue weighted by atomic mass is 10.0. The van der Waals surface area contributed by atoms with Gasteiger partial charge in [0.1, 0.15) is 5.82 Å². The largest absolute Gasteiger partial charge is 0.481 e. The maximum absolute atomic E-state index is 13.7. The molecule has 1 aliphatic carbocycles. The van der Waals surface area contributed by atoms with E-state index < -0.39 is 11.9 Å². The van der Waals surface area contributed by atoms with E-state index >= 15 is 0 Å². The number of aromatic nitrogens is 1. The monoisotopic (exact) mass is 257 g/mol. The summed E-state index contributed by atoms with van der Waals surface area (Å²) < 4.78 is 13.7. The fourth-order valence-corrected chi connectivity index (χ4v) is 2.54. The molecule has 3 rings (SSSR count). The van der Waals surface area contributed by atoms with E-state index in [0.29, 0.717) is 24.1 Å². The van der Waals surface area contributed by atoms with E-state index in [4.69, 9.17) is 5.11 Å². The fraction of sp³-hybridized carbons (Fsp3) is 0.200. The quantitative estimate of drug-likeness (QED) is 0.899. The zero-order valence-corrected chi connectivity index (χ0v) is 10.1. The summed E-state index contributed by atoms with van der Waals surface area (Å²) in [6.07, 6.45) is 1.20. The Hall–Kier alpha value is -2.23. The zero-order valence-electron chi connectivity index (χ0n) is 10.1. The van der Waals surface area contributed by atoms with Crippen LogP contribution in [0.25, 0.3) is 11.3 Å². The molecule has 19 heavy (non-hydrogen) atoms. The Morgan fingerprint density at radius 3 is 2.79 bits per heavy atom. The molecule has 0 aliphatic heterocycles. The highest BCUT2D eigenvalue weighted by atomic mass is 19.1. The van der Waals surface area contributed by atoms with E-state index in [0.717, 1.165) is 11.3 Å². The number of fused-ring (bicyclic) bond motifs is 1. The van der Waals surface area contributed by atoms with Crippen LogP contribution in [0.1, 0.15) is 23.6 Å². The first-order chi connectivity index (χ1) is 9.16. The Bertz CT molecular complexity index is 654. The molecule has 1 N–H and O–H groups in total. The number of nitrogens with zero attached hydrogens (tertiary/aromatic N) is 1. The van der Waals surface area contributed by atoms with Crippen LogP contribution < -0.4 is 0 Å². The standard InChI is InChI=1S/C15H12FNO2/c16-12-4-2-1-3-11(12)14-7-5-9-10(15(18)19)6-8-13(9)17-14/h1-5,7,10H,6,8H2,(H,18,19). The lowest BCUT2D eigenvalue weighted by molar-refractivity contribution is -0.138. The van der Waals surface area contributed by atoms with Gasteiger partial charge in [0.05, 0.1) is 11.6 Å². The average Bonchev–Trinajstić information content (AvgIpc) is 2.82. The third kappa shape index (κ3) is 1.99. The molecule has 0 fully saturated rings. The van der Waals surface area contributed by atoms with Gasteiger partial charge in [-0.05, 0) is 36.6 Å². The number of hydrogen-bond acceptors (Lipinski definition) is 2. The van der Waals surface area contributed by atoms with Crippen molar-refractivity contribution in [1.82, 2.24) is 4.98 Å². The van der Waals surface area contributed by atoms with Crippen LogP contribution in [0.2, 0.25) is 0 Å². The zero-order chi connectivity index (χ0) is 13.4. The number of pyridine rings is 1. The van der Waals surface area contributed by atoms with Gasteiger partial charge in [-0.2, -0.15) is 0 Å². The molecule has 0 radical (unpaired) electrons. The number of carboxylic acid groups (broad SMARTS) is 1. The molecule has 0 saturated heterocycles. The van der Waals surface area contributed by atoms with Crippen LogP contribution in [0, 0.1) is 5.82 Å². The Morgan fingerprint density at radius 1 is 1.26 bits per heavy atom. The van der Waals surface area contributed by atoms with Crippen molar-refractivity contribution in [3.63, 3.8) is 0 Å². The van der Waals surface area contributed by atoms with E-state index in [1.165, 1.54) is 6.07 Å². The minimum absolute atomic E-state index is 0.317. The molecule has 1 aromatic heterocycles. The van der Waals surface area contributed by atoms with Gasteiger partial charge in [0.25, 0.3) is 0 Å². The molecule has 96 valence electrons. The molecule has 3 nitrogen and oxygen atoms in total. The summed E-state index contributed by atoms with van der Waals surface area (Å²) in [5.74, 6) is -1.61. The summed E-state index contributed by atoms with van der Waals surface area (Å²) in [4.78, 5) is 15.5. The summed E-state index contributed by atoms with van der Waals surface area (Å²) in [6, 6.07) is 9.91. The molecule has 1 aliphatic rings.